The molecule has 0 aliphatic heterocycles. The highest BCUT2D eigenvalue weighted by Gasteiger charge is 2.33. The second kappa shape index (κ2) is 36.3. The molecule has 0 N–H and O–H groups in total. The summed E-state index contributed by atoms with van der Waals surface area (Å²) in [5, 5.41) is -2.06. The van der Waals surface area contributed by atoms with Crippen LogP contribution >= 0.6 is 46.5 Å². The number of rotatable bonds is 36. The standard InChI is InChI=1S/C39H75O6PS3/c1-4-7-10-13-16-19-22-25-28-31-34(47)37(40)43-46(44-38(41)35(48)32-29-26-23-20-17-14-11-8-5-2)45-39(42)36(49)33-30-27-24-21-18-15-12-9-6-3/h34-36,47-49H,4-33H2,1-3H3. The van der Waals surface area contributed by atoms with Gasteiger partial charge in [0, 0.05) is 0 Å². The van der Waals surface area contributed by atoms with Gasteiger partial charge in [0.2, 0.25) is 0 Å². The Morgan fingerprint density at radius 1 is 0.367 bits per heavy atom. The van der Waals surface area contributed by atoms with Crippen LogP contribution in [-0.4, -0.2) is 33.7 Å². The Hall–Kier alpha value is -0.110. The van der Waals surface area contributed by atoms with Gasteiger partial charge < -0.3 is 13.6 Å². The first-order valence-electron chi connectivity index (χ1n) is 20.3. The largest absolute Gasteiger partial charge is 0.537 e. The van der Waals surface area contributed by atoms with Crippen LogP contribution < -0.4 is 0 Å². The van der Waals surface area contributed by atoms with E-state index in [0.717, 1.165) is 57.8 Å². The van der Waals surface area contributed by atoms with E-state index in [1.807, 2.05) is 0 Å². The van der Waals surface area contributed by atoms with Gasteiger partial charge in [-0.1, -0.05) is 194 Å². The van der Waals surface area contributed by atoms with Crippen LogP contribution in [0.2, 0.25) is 0 Å². The molecule has 0 amide bonds. The molecule has 0 fully saturated rings. The van der Waals surface area contributed by atoms with Gasteiger partial charge in [-0.25, -0.2) is 0 Å². The Bertz CT molecular complexity index is 690. The molecule has 0 rings (SSSR count). The molecule has 0 aromatic carbocycles. The summed E-state index contributed by atoms with van der Waals surface area (Å²) in [7, 11) is -2.57. The van der Waals surface area contributed by atoms with Crippen molar-refractivity contribution in [1.82, 2.24) is 0 Å². The first kappa shape index (κ1) is 48.9. The summed E-state index contributed by atoms with van der Waals surface area (Å²) in [5.74, 6) is -1.92. The van der Waals surface area contributed by atoms with Crippen molar-refractivity contribution in [3.63, 3.8) is 0 Å². The molecule has 0 aromatic heterocycles. The third-order valence-corrected chi connectivity index (χ3v) is 11.4. The molecular formula is C39H75O6PS3. The number of carbonyl (C=O) groups is 3. The summed E-state index contributed by atoms with van der Waals surface area (Å²) in [6.45, 7) is 6.68. The van der Waals surface area contributed by atoms with Crippen molar-refractivity contribution in [1.29, 1.82) is 0 Å². The van der Waals surface area contributed by atoms with Gasteiger partial charge in [0.15, 0.2) is 0 Å². The SMILES string of the molecule is CCCCCCCCCCCC(S)C(=O)OP(OC(=O)C(S)CCCCCCCCCCC)OC(=O)C(S)CCCCCCCCCCC. The van der Waals surface area contributed by atoms with E-state index in [0.29, 0.717) is 19.3 Å². The summed E-state index contributed by atoms with van der Waals surface area (Å²) >= 11 is 13.4. The second-order valence-electron chi connectivity index (χ2n) is 13.9. The Kier molecular flexibility index (Phi) is 36.2. The van der Waals surface area contributed by atoms with Crippen LogP contribution in [0.4, 0.5) is 0 Å². The summed E-state index contributed by atoms with van der Waals surface area (Å²) < 4.78 is 16.4. The molecule has 290 valence electrons. The predicted octanol–water partition coefficient (Wildman–Crippen LogP) is 13.5. The predicted molar refractivity (Wildman–Crippen MR) is 219 cm³/mol. The van der Waals surface area contributed by atoms with Crippen LogP contribution in [0.15, 0.2) is 0 Å². The zero-order valence-corrected chi connectivity index (χ0v) is 35.3. The Balaban J connectivity index is 4.78. The zero-order valence-electron chi connectivity index (χ0n) is 31.7. The van der Waals surface area contributed by atoms with E-state index in [2.05, 4.69) is 58.7 Å². The number of hydrogen-bond acceptors (Lipinski definition) is 9. The topological polar surface area (TPSA) is 78.9 Å². The van der Waals surface area contributed by atoms with Crippen LogP contribution in [0.3, 0.4) is 0 Å². The van der Waals surface area contributed by atoms with E-state index in [1.54, 1.807) is 0 Å². The summed E-state index contributed by atoms with van der Waals surface area (Å²) in [5.41, 5.74) is 0. The van der Waals surface area contributed by atoms with Crippen LogP contribution in [0, 0.1) is 0 Å². The molecule has 0 bridgehead atoms. The fraction of sp³-hybridized carbons (Fsp3) is 0.923. The van der Waals surface area contributed by atoms with Gasteiger partial charge in [0.05, 0.1) is 15.7 Å². The number of carbonyl (C=O) groups excluding carboxylic acids is 3. The lowest BCUT2D eigenvalue weighted by Crippen LogP contribution is -2.23. The molecule has 3 atom stereocenters. The minimum absolute atomic E-state index is 0.546. The van der Waals surface area contributed by atoms with E-state index in [9.17, 15) is 14.4 Å². The van der Waals surface area contributed by atoms with E-state index < -0.39 is 42.3 Å². The first-order valence-corrected chi connectivity index (χ1v) is 22.9. The normalized spacial score (nSPS) is 13.8. The monoisotopic (exact) mass is 766 g/mol. The molecule has 0 heterocycles. The molecule has 0 aliphatic carbocycles. The lowest BCUT2D eigenvalue weighted by atomic mass is 10.1. The van der Waals surface area contributed by atoms with E-state index in [-0.39, 0.29) is 0 Å². The van der Waals surface area contributed by atoms with Gasteiger partial charge in [-0.05, 0) is 19.3 Å². The fourth-order valence-electron chi connectivity index (χ4n) is 5.76. The lowest BCUT2D eigenvalue weighted by Gasteiger charge is -2.20. The van der Waals surface area contributed by atoms with Crippen molar-refractivity contribution >= 4 is 64.4 Å². The molecule has 10 heteroatoms. The molecule has 0 aromatic rings. The minimum Gasteiger partial charge on any atom is -0.374 e. The maximum Gasteiger partial charge on any atom is 0.537 e. The van der Waals surface area contributed by atoms with E-state index >= 15 is 0 Å². The Morgan fingerprint density at radius 2 is 0.551 bits per heavy atom. The van der Waals surface area contributed by atoms with E-state index in [1.165, 1.54) is 116 Å². The zero-order chi connectivity index (χ0) is 36.4. The van der Waals surface area contributed by atoms with Crippen molar-refractivity contribution in [3.05, 3.63) is 0 Å². The highest BCUT2D eigenvalue weighted by atomic mass is 32.1. The average molecular weight is 767 g/mol. The highest BCUT2D eigenvalue weighted by molar-refractivity contribution is 7.82. The van der Waals surface area contributed by atoms with Crippen molar-refractivity contribution < 1.29 is 28.0 Å². The van der Waals surface area contributed by atoms with Crippen molar-refractivity contribution in [2.75, 3.05) is 0 Å². The highest BCUT2D eigenvalue weighted by Crippen LogP contribution is 2.43. The maximum atomic E-state index is 12.9. The van der Waals surface area contributed by atoms with E-state index in [4.69, 9.17) is 13.6 Å². The van der Waals surface area contributed by atoms with Crippen LogP contribution in [0.1, 0.15) is 213 Å². The third kappa shape index (κ3) is 31.2. The van der Waals surface area contributed by atoms with Gasteiger partial charge >= 0.3 is 26.5 Å². The molecular weight excluding hydrogens is 692 g/mol. The summed E-state index contributed by atoms with van der Waals surface area (Å²) in [6.07, 6.45) is 33.5. The molecule has 6 nitrogen and oxygen atoms in total. The molecule has 0 radical (unpaired) electrons. The van der Waals surface area contributed by atoms with Gasteiger partial charge in [0.25, 0.3) is 0 Å². The quantitative estimate of drug-likeness (QED) is 0.0335. The van der Waals surface area contributed by atoms with Gasteiger partial charge in [-0.2, -0.15) is 37.9 Å². The number of thiol groups is 3. The molecule has 0 spiro atoms. The molecule has 3 unspecified atom stereocenters. The minimum atomic E-state index is -2.57. The molecule has 0 saturated carbocycles. The number of unbranched alkanes of at least 4 members (excludes halogenated alkanes) is 24. The Labute approximate surface area is 320 Å². The first-order chi connectivity index (χ1) is 23.8. The van der Waals surface area contributed by atoms with Gasteiger partial charge in [-0.3, -0.25) is 14.4 Å². The smallest absolute Gasteiger partial charge is 0.374 e. The number of hydrogen-bond donors (Lipinski definition) is 3. The van der Waals surface area contributed by atoms with Gasteiger partial charge in [-0.15, -0.1) is 0 Å². The third-order valence-electron chi connectivity index (χ3n) is 9.05. The lowest BCUT2D eigenvalue weighted by molar-refractivity contribution is -0.142. The fourth-order valence-corrected chi connectivity index (χ4v) is 7.65. The van der Waals surface area contributed by atoms with Crippen molar-refractivity contribution in [3.8, 4) is 0 Å². The van der Waals surface area contributed by atoms with Gasteiger partial charge in [0.1, 0.15) is 0 Å². The van der Waals surface area contributed by atoms with Crippen LogP contribution in [0.25, 0.3) is 0 Å². The van der Waals surface area contributed by atoms with Crippen molar-refractivity contribution in [2.24, 2.45) is 0 Å². The summed E-state index contributed by atoms with van der Waals surface area (Å²) in [4.78, 5) is 38.8. The van der Waals surface area contributed by atoms with Crippen LogP contribution in [-0.2, 0) is 28.0 Å². The molecule has 0 saturated heterocycles. The average Bonchev–Trinajstić information content (AvgIpc) is 3.08. The second-order valence-corrected chi connectivity index (χ2v) is 16.7. The maximum absolute atomic E-state index is 12.9. The van der Waals surface area contributed by atoms with Crippen LogP contribution in [0.5, 0.6) is 0 Å². The Morgan fingerprint density at radius 3 is 0.755 bits per heavy atom. The molecule has 0 aliphatic rings. The summed E-state index contributed by atoms with van der Waals surface area (Å²) in [6, 6.07) is 0. The van der Waals surface area contributed by atoms with Crippen molar-refractivity contribution in [2.45, 2.75) is 229 Å². The molecule has 49 heavy (non-hydrogen) atoms.